The largest absolute Gasteiger partial charge is 0.478 e. The van der Waals surface area contributed by atoms with Crippen molar-refractivity contribution in [3.8, 4) is 0 Å². The number of carboxylic acids is 2. The molecule has 2 aromatic carbocycles. The molecule has 0 spiro atoms. The fourth-order valence-electron chi connectivity index (χ4n) is 2.77. The second-order valence-corrected chi connectivity index (χ2v) is 7.61. The van der Waals surface area contributed by atoms with E-state index in [1.165, 1.54) is 30.3 Å². The van der Waals surface area contributed by atoms with Crippen LogP contribution >= 0.6 is 0 Å². The fourth-order valence-corrected chi connectivity index (χ4v) is 2.77. The molecule has 9 nitrogen and oxygen atoms in total. The topological polar surface area (TPSA) is 133 Å². The number of alkyl carbamates (subject to hydrolysis) is 1. The number of aromatic carboxylic acids is 1. The van der Waals surface area contributed by atoms with Crippen LogP contribution in [0.2, 0.25) is 0 Å². The SMILES string of the molecule is CC(C)(C)OC(=O)NC/C=C/c1ccccc1N(C(=O)C(=O)O)c1ccccc1C(=O)O. The van der Waals surface area contributed by atoms with Crippen LogP contribution in [0.15, 0.2) is 54.6 Å². The van der Waals surface area contributed by atoms with Gasteiger partial charge in [0.05, 0.1) is 16.9 Å². The van der Waals surface area contributed by atoms with Crippen LogP contribution in [0.3, 0.4) is 0 Å². The number of nitrogens with zero attached hydrogens (tertiary/aromatic N) is 1. The van der Waals surface area contributed by atoms with Crippen molar-refractivity contribution in [1.29, 1.82) is 0 Å². The molecule has 0 atom stereocenters. The zero-order valence-electron chi connectivity index (χ0n) is 17.9. The lowest BCUT2D eigenvalue weighted by Gasteiger charge is -2.24. The highest BCUT2D eigenvalue weighted by Crippen LogP contribution is 2.32. The van der Waals surface area contributed by atoms with Gasteiger partial charge >= 0.3 is 23.9 Å². The van der Waals surface area contributed by atoms with E-state index in [1.54, 1.807) is 51.1 Å². The Morgan fingerprint density at radius 2 is 1.56 bits per heavy atom. The number of carboxylic acid groups (broad SMARTS) is 2. The van der Waals surface area contributed by atoms with Crippen molar-refractivity contribution >= 4 is 41.4 Å². The molecule has 0 saturated carbocycles. The maximum atomic E-state index is 12.6. The monoisotopic (exact) mass is 440 g/mol. The van der Waals surface area contributed by atoms with Crippen molar-refractivity contribution in [1.82, 2.24) is 5.32 Å². The van der Waals surface area contributed by atoms with Crippen molar-refractivity contribution in [2.75, 3.05) is 11.4 Å². The zero-order chi connectivity index (χ0) is 23.9. The first-order valence-corrected chi connectivity index (χ1v) is 9.63. The van der Waals surface area contributed by atoms with Crippen molar-refractivity contribution in [3.05, 3.63) is 65.7 Å². The van der Waals surface area contributed by atoms with Crippen molar-refractivity contribution in [2.45, 2.75) is 26.4 Å². The number of benzene rings is 2. The summed E-state index contributed by atoms with van der Waals surface area (Å²) in [6, 6.07) is 12.0. The van der Waals surface area contributed by atoms with E-state index in [0.717, 1.165) is 4.90 Å². The maximum absolute atomic E-state index is 12.6. The predicted octanol–water partition coefficient (Wildman–Crippen LogP) is 3.67. The van der Waals surface area contributed by atoms with Crippen LogP contribution < -0.4 is 10.2 Å². The van der Waals surface area contributed by atoms with Crippen molar-refractivity contribution in [3.63, 3.8) is 0 Å². The number of hydrogen-bond acceptors (Lipinski definition) is 5. The van der Waals surface area contributed by atoms with Gasteiger partial charge in [0.25, 0.3) is 0 Å². The van der Waals surface area contributed by atoms with E-state index in [9.17, 15) is 29.4 Å². The maximum Gasteiger partial charge on any atom is 0.407 e. The minimum atomic E-state index is -1.74. The predicted molar refractivity (Wildman–Crippen MR) is 118 cm³/mol. The number of anilines is 2. The van der Waals surface area contributed by atoms with Crippen LogP contribution in [0.4, 0.5) is 16.2 Å². The van der Waals surface area contributed by atoms with Gasteiger partial charge in [0.2, 0.25) is 0 Å². The van der Waals surface area contributed by atoms with E-state index in [1.807, 2.05) is 0 Å². The molecule has 32 heavy (non-hydrogen) atoms. The Morgan fingerprint density at radius 3 is 2.16 bits per heavy atom. The Balaban J connectivity index is 2.40. The summed E-state index contributed by atoms with van der Waals surface area (Å²) in [5.74, 6) is -4.36. The highest BCUT2D eigenvalue weighted by Gasteiger charge is 2.29. The lowest BCUT2D eigenvalue weighted by Crippen LogP contribution is -2.34. The summed E-state index contributed by atoms with van der Waals surface area (Å²) in [6.45, 7) is 5.33. The summed E-state index contributed by atoms with van der Waals surface area (Å²) in [4.78, 5) is 48.3. The molecule has 0 aliphatic rings. The molecule has 0 radical (unpaired) electrons. The van der Waals surface area contributed by atoms with E-state index in [0.29, 0.717) is 5.56 Å². The first kappa shape index (κ1) is 24.1. The first-order valence-electron chi connectivity index (χ1n) is 9.63. The van der Waals surface area contributed by atoms with E-state index in [-0.39, 0.29) is 23.5 Å². The van der Waals surface area contributed by atoms with Crippen LogP contribution in [0.5, 0.6) is 0 Å². The summed E-state index contributed by atoms with van der Waals surface area (Å²) in [5.41, 5.74) is -0.349. The molecule has 0 aromatic heterocycles. The lowest BCUT2D eigenvalue weighted by atomic mass is 10.1. The average Bonchev–Trinajstić information content (AvgIpc) is 2.71. The number of rotatable bonds is 6. The molecule has 0 saturated heterocycles. The molecule has 2 amide bonds. The molecule has 0 heterocycles. The second-order valence-electron chi connectivity index (χ2n) is 7.61. The van der Waals surface area contributed by atoms with E-state index in [4.69, 9.17) is 4.74 Å². The van der Waals surface area contributed by atoms with Crippen LogP contribution in [0, 0.1) is 0 Å². The van der Waals surface area contributed by atoms with E-state index in [2.05, 4.69) is 5.32 Å². The first-order chi connectivity index (χ1) is 15.0. The molecule has 2 aromatic rings. The zero-order valence-corrected chi connectivity index (χ0v) is 17.9. The van der Waals surface area contributed by atoms with E-state index >= 15 is 0 Å². The molecule has 0 fully saturated rings. The van der Waals surface area contributed by atoms with Gasteiger partial charge in [0.15, 0.2) is 0 Å². The number of hydrogen-bond donors (Lipinski definition) is 3. The molecule has 2 rings (SSSR count). The molecule has 9 heteroatoms. The number of aliphatic carboxylic acids is 1. The fraction of sp³-hybridized carbons (Fsp3) is 0.217. The van der Waals surface area contributed by atoms with Gasteiger partial charge < -0.3 is 20.3 Å². The Kier molecular flexibility index (Phi) is 7.73. The lowest BCUT2D eigenvalue weighted by molar-refractivity contribution is -0.148. The average molecular weight is 440 g/mol. The second kappa shape index (κ2) is 10.3. The van der Waals surface area contributed by atoms with Gasteiger partial charge in [0, 0.05) is 6.54 Å². The third-order valence-electron chi connectivity index (χ3n) is 4.00. The summed E-state index contributed by atoms with van der Waals surface area (Å²) < 4.78 is 5.15. The van der Waals surface area contributed by atoms with Gasteiger partial charge in [-0.05, 0) is 44.5 Å². The van der Waals surface area contributed by atoms with Gasteiger partial charge in [-0.25, -0.2) is 14.4 Å². The molecular weight excluding hydrogens is 416 g/mol. The van der Waals surface area contributed by atoms with Gasteiger partial charge in [-0.3, -0.25) is 9.69 Å². The van der Waals surface area contributed by atoms with Crippen LogP contribution in [-0.2, 0) is 14.3 Å². The number of carbonyl (C=O) groups is 4. The highest BCUT2D eigenvalue weighted by molar-refractivity contribution is 6.39. The quantitative estimate of drug-likeness (QED) is 0.584. The summed E-state index contributed by atoms with van der Waals surface area (Å²) in [5, 5.41) is 21.4. The smallest absolute Gasteiger partial charge is 0.407 e. The van der Waals surface area contributed by atoms with E-state index < -0.39 is 29.5 Å². The molecular formula is C23H24N2O7. The Labute approximate surface area is 184 Å². The normalized spacial score (nSPS) is 11.1. The molecule has 168 valence electrons. The van der Waals surface area contributed by atoms with Crippen LogP contribution in [0.1, 0.15) is 36.7 Å². The number of para-hydroxylation sites is 2. The number of ether oxygens (including phenoxy) is 1. The summed E-state index contributed by atoms with van der Waals surface area (Å²) >= 11 is 0. The molecule has 0 bridgehead atoms. The molecule has 0 aliphatic heterocycles. The summed E-state index contributed by atoms with van der Waals surface area (Å²) in [7, 11) is 0. The van der Waals surface area contributed by atoms with Gasteiger partial charge in [-0.2, -0.15) is 0 Å². The Bertz CT molecular complexity index is 1050. The van der Waals surface area contributed by atoms with Gasteiger partial charge in [0.1, 0.15) is 5.60 Å². The standard InChI is InChI=1S/C23H24N2O7/c1-23(2,3)32-22(31)24-14-8-10-15-9-4-6-12-17(15)25(19(26)21(29)30)18-13-7-5-11-16(18)20(27)28/h4-13H,14H2,1-3H3,(H,24,31)(H,27,28)(H,29,30)/b10-8+. The van der Waals surface area contributed by atoms with Crippen LogP contribution in [0.25, 0.3) is 6.08 Å². The number of carbonyl (C=O) groups excluding carboxylic acids is 2. The minimum Gasteiger partial charge on any atom is -0.478 e. The third-order valence-corrected chi connectivity index (χ3v) is 4.00. The third kappa shape index (κ3) is 6.43. The Morgan fingerprint density at radius 1 is 0.969 bits per heavy atom. The van der Waals surface area contributed by atoms with Gasteiger partial charge in [-0.1, -0.05) is 42.5 Å². The summed E-state index contributed by atoms with van der Waals surface area (Å²) in [6.07, 6.45) is 2.57. The molecule has 3 N–H and O–H groups in total. The molecule has 0 aliphatic carbocycles. The number of amides is 2. The van der Waals surface area contributed by atoms with Crippen LogP contribution in [-0.4, -0.2) is 46.3 Å². The highest BCUT2D eigenvalue weighted by atomic mass is 16.6. The number of nitrogens with one attached hydrogen (secondary N) is 1. The Hall–Kier alpha value is -4.14. The van der Waals surface area contributed by atoms with Crippen molar-refractivity contribution < 1.29 is 34.1 Å². The molecule has 0 unspecified atom stereocenters. The van der Waals surface area contributed by atoms with Gasteiger partial charge in [-0.15, -0.1) is 0 Å². The van der Waals surface area contributed by atoms with Crippen molar-refractivity contribution in [2.24, 2.45) is 0 Å². The minimum absolute atomic E-state index is 0.0832.